The zero-order chi connectivity index (χ0) is 35.6. The summed E-state index contributed by atoms with van der Waals surface area (Å²) < 4.78 is 37.6. The molecule has 2 aliphatic carbocycles. The summed E-state index contributed by atoms with van der Waals surface area (Å²) in [6.45, 7) is 4.11. The van der Waals surface area contributed by atoms with Crippen molar-refractivity contribution in [1.82, 2.24) is 19.9 Å². The van der Waals surface area contributed by atoms with Crippen LogP contribution in [0.2, 0.25) is 15.3 Å². The van der Waals surface area contributed by atoms with Crippen LogP contribution < -0.4 is 5.73 Å². The highest BCUT2D eigenvalue weighted by Crippen LogP contribution is 2.47. The number of halogens is 6. The number of carbonyl (C=O) groups is 2. The van der Waals surface area contributed by atoms with Gasteiger partial charge in [-0.25, -0.2) is 38.3 Å². The Morgan fingerprint density at radius 2 is 1.18 bits per heavy atom. The molecule has 2 heterocycles. The molecule has 2 aromatic heterocycles. The fraction of sp³-hybridized carbons (Fsp3) is 0.371. The molecule has 268 valence electrons. The van der Waals surface area contributed by atoms with E-state index in [4.69, 9.17) is 50.0 Å². The predicted molar refractivity (Wildman–Crippen MR) is 190 cm³/mol. The third-order valence-electron chi connectivity index (χ3n) is 8.41. The van der Waals surface area contributed by atoms with Crippen molar-refractivity contribution in [2.45, 2.75) is 69.7 Å². The van der Waals surface area contributed by atoms with E-state index in [0.717, 1.165) is 38.5 Å². The van der Waals surface area contributed by atoms with Crippen molar-refractivity contribution in [1.29, 1.82) is 0 Å². The lowest BCUT2D eigenvalue weighted by Gasteiger charge is -2.42. The molecule has 0 radical (unpaired) electrons. The zero-order valence-corrected chi connectivity index (χ0v) is 30.5. The van der Waals surface area contributed by atoms with E-state index in [-0.39, 0.29) is 44.8 Å². The van der Waals surface area contributed by atoms with Crippen LogP contribution in [0.5, 0.6) is 0 Å². The molecule has 0 spiro atoms. The molecule has 9 nitrogen and oxygen atoms in total. The topological polar surface area (TPSA) is 130 Å². The quantitative estimate of drug-likeness (QED) is 0.138. The molecule has 0 amide bonds. The maximum absolute atomic E-state index is 14.4. The van der Waals surface area contributed by atoms with Crippen LogP contribution in [0.3, 0.4) is 0 Å². The number of hydrogen-bond donors (Lipinski definition) is 1. The Labute approximate surface area is 310 Å². The Morgan fingerprint density at radius 1 is 0.740 bits per heavy atom. The van der Waals surface area contributed by atoms with Gasteiger partial charge < -0.3 is 15.2 Å². The van der Waals surface area contributed by atoms with Gasteiger partial charge in [-0.05, 0) is 75.2 Å². The third-order valence-corrected chi connectivity index (χ3v) is 9.19. The maximum Gasteiger partial charge on any atom is 0.341 e. The molecule has 2 aliphatic rings. The fourth-order valence-corrected chi connectivity index (χ4v) is 5.92. The number of ether oxygens (including phenoxy) is 2. The highest BCUT2D eigenvalue weighted by Gasteiger charge is 2.42. The summed E-state index contributed by atoms with van der Waals surface area (Å²) in [5, 5.41) is 0.412. The molecular formula is C35H37Cl4F2N5O4. The van der Waals surface area contributed by atoms with Gasteiger partial charge in [-0.3, -0.25) is 0 Å². The van der Waals surface area contributed by atoms with Gasteiger partial charge in [0.15, 0.2) is 0 Å². The van der Waals surface area contributed by atoms with Crippen LogP contribution in [0, 0.1) is 11.6 Å². The normalized spacial score (nSPS) is 14.9. The van der Waals surface area contributed by atoms with E-state index in [1.54, 1.807) is 50.2 Å². The molecular weight excluding hydrogens is 734 g/mol. The number of nitrogens with two attached hydrogens (primary N) is 1. The largest absolute Gasteiger partial charge is 0.462 e. The number of carbonyl (C=O) groups excluding carboxylic acids is 2. The first-order chi connectivity index (χ1) is 23.4. The molecule has 0 aliphatic heterocycles. The fourth-order valence-electron chi connectivity index (χ4n) is 5.47. The summed E-state index contributed by atoms with van der Waals surface area (Å²) in [6.07, 6.45) is 11.6. The molecule has 2 N–H and O–H groups in total. The highest BCUT2D eigenvalue weighted by atomic mass is 35.5. The summed E-state index contributed by atoms with van der Waals surface area (Å²) in [5.41, 5.74) is 7.02. The average molecular weight is 772 g/mol. The monoisotopic (exact) mass is 769 g/mol. The van der Waals surface area contributed by atoms with Crippen molar-refractivity contribution in [3.63, 3.8) is 0 Å². The van der Waals surface area contributed by atoms with Crippen LogP contribution in [0.1, 0.15) is 90.0 Å². The third kappa shape index (κ3) is 10.1. The van der Waals surface area contributed by atoms with Gasteiger partial charge in [-0.2, -0.15) is 0 Å². The Morgan fingerprint density at radius 3 is 1.60 bits per heavy atom. The molecule has 4 aromatic rings. The summed E-state index contributed by atoms with van der Waals surface area (Å²) >= 11 is 17.0. The van der Waals surface area contributed by atoms with Crippen LogP contribution in [0.4, 0.5) is 8.78 Å². The van der Waals surface area contributed by atoms with Crippen LogP contribution in [-0.2, 0) is 26.8 Å². The van der Waals surface area contributed by atoms with Crippen molar-refractivity contribution < 1.29 is 27.8 Å². The zero-order valence-electron chi connectivity index (χ0n) is 27.4. The van der Waals surface area contributed by atoms with E-state index in [9.17, 15) is 18.4 Å². The first-order valence-corrected chi connectivity index (χ1v) is 16.9. The Hall–Kier alpha value is -3.48. The number of aromatic nitrogens is 4. The Balaban J connectivity index is 0.000000220. The smallest absolute Gasteiger partial charge is 0.341 e. The first-order valence-electron chi connectivity index (χ1n) is 15.7. The SMILES string of the molecule is CCOC(=O)c1cnc(CC2(c3cccc(Cl)c3F)CCC2)nc1.CCOC(=O)c1cnc(Cl)nc1.Cl.NC1(c2cccc(Cl)c2F)CCC1. The molecule has 0 saturated heterocycles. The standard InChI is InChI=1S/C18H18ClFN2O2.C10H11ClFN.C7H7ClN2O2.ClH/c1-2-24-17(23)12-10-21-15(22-11-12)9-18(7-4-8-18)13-5-3-6-14(19)16(13)20;11-8-4-1-3-7(9(8)12)10(13)5-2-6-10;1-2-12-6(11)5-3-9-7(8)10-4-5;/h3,5-6,10-11H,2,4,7-9H2,1H3;1,3-4H,2,5-6,13H2;3-4H,2H2,1H3;1H. The highest BCUT2D eigenvalue weighted by molar-refractivity contribution is 6.31. The van der Waals surface area contributed by atoms with Crippen molar-refractivity contribution in [3.8, 4) is 0 Å². The first kappa shape index (κ1) is 40.9. The maximum atomic E-state index is 14.4. The van der Waals surface area contributed by atoms with Gasteiger partial charge in [-0.15, -0.1) is 12.4 Å². The molecule has 6 rings (SSSR count). The lowest BCUT2D eigenvalue weighted by atomic mass is 9.62. The van der Waals surface area contributed by atoms with Gasteiger partial charge in [0.25, 0.3) is 0 Å². The van der Waals surface area contributed by atoms with Gasteiger partial charge in [-0.1, -0.05) is 53.9 Å². The lowest BCUT2D eigenvalue weighted by Crippen LogP contribution is -2.44. The molecule has 2 fully saturated rings. The van der Waals surface area contributed by atoms with Crippen LogP contribution in [-0.4, -0.2) is 45.1 Å². The van der Waals surface area contributed by atoms with Gasteiger partial charge in [0.1, 0.15) is 17.5 Å². The number of hydrogen-bond acceptors (Lipinski definition) is 9. The van der Waals surface area contributed by atoms with Crippen molar-refractivity contribution in [2.75, 3.05) is 13.2 Å². The lowest BCUT2D eigenvalue weighted by molar-refractivity contribution is 0.0515. The van der Waals surface area contributed by atoms with E-state index in [1.165, 1.54) is 24.8 Å². The second kappa shape index (κ2) is 18.7. The second-order valence-corrected chi connectivity index (χ2v) is 12.7. The molecule has 0 bridgehead atoms. The summed E-state index contributed by atoms with van der Waals surface area (Å²) in [7, 11) is 0. The Kier molecular flexibility index (Phi) is 15.3. The molecule has 0 unspecified atom stereocenters. The molecule has 50 heavy (non-hydrogen) atoms. The molecule has 0 atom stereocenters. The van der Waals surface area contributed by atoms with Crippen molar-refractivity contribution in [2.24, 2.45) is 5.73 Å². The van der Waals surface area contributed by atoms with E-state index < -0.39 is 17.5 Å². The Bertz CT molecular complexity index is 1740. The number of esters is 2. The van der Waals surface area contributed by atoms with Crippen molar-refractivity contribution in [3.05, 3.63) is 116 Å². The summed E-state index contributed by atoms with van der Waals surface area (Å²) in [6, 6.07) is 10.1. The van der Waals surface area contributed by atoms with Crippen LogP contribution in [0.15, 0.2) is 61.2 Å². The molecule has 2 saturated carbocycles. The van der Waals surface area contributed by atoms with Crippen LogP contribution >= 0.6 is 47.2 Å². The number of nitrogens with zero attached hydrogens (tertiary/aromatic N) is 4. The minimum Gasteiger partial charge on any atom is -0.462 e. The van der Waals surface area contributed by atoms with Gasteiger partial charge in [0.05, 0.1) is 34.4 Å². The van der Waals surface area contributed by atoms with Gasteiger partial charge >= 0.3 is 11.9 Å². The van der Waals surface area contributed by atoms with E-state index >= 15 is 0 Å². The summed E-state index contributed by atoms with van der Waals surface area (Å²) in [5.74, 6) is -1.01. The van der Waals surface area contributed by atoms with E-state index in [0.29, 0.717) is 47.7 Å². The minimum absolute atomic E-state index is 0. The predicted octanol–water partition coefficient (Wildman–Crippen LogP) is 8.66. The van der Waals surface area contributed by atoms with Gasteiger partial charge in [0.2, 0.25) is 5.28 Å². The average Bonchev–Trinajstić information content (AvgIpc) is 3.06. The summed E-state index contributed by atoms with van der Waals surface area (Å²) in [4.78, 5) is 38.4. The van der Waals surface area contributed by atoms with Crippen molar-refractivity contribution >= 4 is 59.1 Å². The van der Waals surface area contributed by atoms with Gasteiger partial charge in [0, 0.05) is 47.7 Å². The number of rotatable bonds is 8. The second-order valence-electron chi connectivity index (χ2n) is 11.6. The molecule has 15 heteroatoms. The van der Waals surface area contributed by atoms with Crippen LogP contribution in [0.25, 0.3) is 0 Å². The minimum atomic E-state index is -0.463. The molecule has 2 aromatic carbocycles. The van der Waals surface area contributed by atoms with E-state index in [2.05, 4.69) is 19.9 Å². The number of benzene rings is 2. The van der Waals surface area contributed by atoms with E-state index in [1.807, 2.05) is 0 Å².